The van der Waals surface area contributed by atoms with Crippen LogP contribution in [0.5, 0.6) is 0 Å². The fraction of sp³-hybridized carbons (Fsp3) is 0.611. The van der Waals surface area contributed by atoms with Gasteiger partial charge in [0.15, 0.2) is 5.96 Å². The van der Waals surface area contributed by atoms with Crippen molar-refractivity contribution in [3.63, 3.8) is 0 Å². The highest BCUT2D eigenvalue weighted by Crippen LogP contribution is 2.27. The van der Waals surface area contributed by atoms with Gasteiger partial charge in [-0.3, -0.25) is 4.99 Å². The minimum Gasteiger partial charge on any atom is -0.356 e. The molecule has 2 heterocycles. The summed E-state index contributed by atoms with van der Waals surface area (Å²) in [6, 6.07) is 8.49. The van der Waals surface area contributed by atoms with Crippen LogP contribution in [0.3, 0.4) is 0 Å². The van der Waals surface area contributed by atoms with Gasteiger partial charge in [0.25, 0.3) is 0 Å². The highest BCUT2D eigenvalue weighted by atomic mass is 127. The van der Waals surface area contributed by atoms with E-state index >= 15 is 0 Å². The van der Waals surface area contributed by atoms with E-state index in [1.807, 2.05) is 0 Å². The minimum atomic E-state index is -3.06. The molecule has 0 aromatic heterocycles. The van der Waals surface area contributed by atoms with Crippen LogP contribution in [0.4, 0.5) is 5.69 Å². The SMILES string of the molecule is CCNC(=NCC1CCN(S(C)(=O)=O)CC1)N1CCc2ccccc21.I. The molecule has 3 rings (SSSR count). The molecule has 146 valence electrons. The van der Waals surface area contributed by atoms with E-state index in [1.54, 1.807) is 4.31 Å². The predicted octanol–water partition coefficient (Wildman–Crippen LogP) is 2.30. The quantitative estimate of drug-likeness (QED) is 0.398. The zero-order valence-electron chi connectivity index (χ0n) is 15.5. The van der Waals surface area contributed by atoms with Crippen molar-refractivity contribution in [3.05, 3.63) is 29.8 Å². The molecule has 0 atom stereocenters. The van der Waals surface area contributed by atoms with E-state index in [1.165, 1.54) is 17.5 Å². The average Bonchev–Trinajstić information content (AvgIpc) is 3.02. The van der Waals surface area contributed by atoms with Crippen molar-refractivity contribution in [2.45, 2.75) is 26.2 Å². The molecule has 0 spiro atoms. The monoisotopic (exact) mass is 492 g/mol. The molecule has 1 fully saturated rings. The van der Waals surface area contributed by atoms with Crippen LogP contribution in [0.25, 0.3) is 0 Å². The van der Waals surface area contributed by atoms with Crippen LogP contribution >= 0.6 is 24.0 Å². The van der Waals surface area contributed by atoms with Gasteiger partial charge in [0.1, 0.15) is 0 Å². The number of halogens is 1. The van der Waals surface area contributed by atoms with E-state index < -0.39 is 10.0 Å². The molecule has 0 saturated carbocycles. The summed E-state index contributed by atoms with van der Waals surface area (Å²) in [7, 11) is -3.06. The summed E-state index contributed by atoms with van der Waals surface area (Å²) in [6.45, 7) is 5.85. The zero-order valence-corrected chi connectivity index (χ0v) is 18.7. The first-order chi connectivity index (χ1) is 12.0. The second-order valence-electron chi connectivity index (χ2n) is 6.83. The van der Waals surface area contributed by atoms with Gasteiger partial charge in [0.05, 0.1) is 6.26 Å². The normalized spacial score (nSPS) is 19.2. The number of anilines is 1. The molecule has 0 amide bonds. The number of benzene rings is 1. The van der Waals surface area contributed by atoms with Gasteiger partial charge in [-0.05, 0) is 43.7 Å². The summed E-state index contributed by atoms with van der Waals surface area (Å²) in [5, 5.41) is 3.41. The maximum absolute atomic E-state index is 11.6. The lowest BCUT2D eigenvalue weighted by Crippen LogP contribution is -2.42. The summed E-state index contributed by atoms with van der Waals surface area (Å²) in [6.07, 6.45) is 4.10. The first kappa shape index (κ1) is 21.4. The van der Waals surface area contributed by atoms with Crippen LogP contribution in [0, 0.1) is 5.92 Å². The average molecular weight is 492 g/mol. The van der Waals surface area contributed by atoms with E-state index in [2.05, 4.69) is 41.4 Å². The molecule has 1 aromatic rings. The van der Waals surface area contributed by atoms with Crippen molar-refractivity contribution in [1.29, 1.82) is 0 Å². The number of hydrogen-bond acceptors (Lipinski definition) is 3. The van der Waals surface area contributed by atoms with Crippen LogP contribution in [-0.2, 0) is 16.4 Å². The number of nitrogens with one attached hydrogen (secondary N) is 1. The Hall–Kier alpha value is -0.870. The molecule has 2 aliphatic heterocycles. The van der Waals surface area contributed by atoms with Crippen molar-refractivity contribution < 1.29 is 8.42 Å². The molecular weight excluding hydrogens is 463 g/mol. The van der Waals surface area contributed by atoms with Crippen LogP contribution in [0.1, 0.15) is 25.3 Å². The molecule has 26 heavy (non-hydrogen) atoms. The van der Waals surface area contributed by atoms with Crippen molar-refractivity contribution in [3.8, 4) is 0 Å². The van der Waals surface area contributed by atoms with Gasteiger partial charge >= 0.3 is 0 Å². The second kappa shape index (κ2) is 9.36. The van der Waals surface area contributed by atoms with Gasteiger partial charge < -0.3 is 10.2 Å². The van der Waals surface area contributed by atoms with Crippen molar-refractivity contribution in [1.82, 2.24) is 9.62 Å². The van der Waals surface area contributed by atoms with Crippen LogP contribution in [0.15, 0.2) is 29.3 Å². The van der Waals surface area contributed by atoms with Crippen molar-refractivity contribution in [2.24, 2.45) is 10.9 Å². The van der Waals surface area contributed by atoms with E-state index in [0.29, 0.717) is 19.0 Å². The number of guanidine groups is 1. The van der Waals surface area contributed by atoms with Crippen molar-refractivity contribution >= 4 is 45.6 Å². The number of aliphatic imine (C=N–C) groups is 1. The lowest BCUT2D eigenvalue weighted by molar-refractivity contribution is 0.280. The highest BCUT2D eigenvalue weighted by Gasteiger charge is 2.26. The van der Waals surface area contributed by atoms with Crippen molar-refractivity contribution in [2.75, 3.05) is 43.9 Å². The Morgan fingerprint density at radius 1 is 1.23 bits per heavy atom. The summed E-state index contributed by atoms with van der Waals surface area (Å²) >= 11 is 0. The smallest absolute Gasteiger partial charge is 0.211 e. The molecule has 1 aromatic carbocycles. The molecule has 0 radical (unpaired) electrons. The molecule has 2 aliphatic rings. The summed E-state index contributed by atoms with van der Waals surface area (Å²) in [4.78, 5) is 7.14. The number of para-hydroxylation sites is 1. The summed E-state index contributed by atoms with van der Waals surface area (Å²) < 4.78 is 24.8. The van der Waals surface area contributed by atoms with Gasteiger partial charge in [0, 0.05) is 38.4 Å². The Balaban J connectivity index is 0.00000243. The number of fused-ring (bicyclic) bond motifs is 1. The largest absolute Gasteiger partial charge is 0.356 e. The van der Waals surface area contributed by atoms with E-state index in [4.69, 9.17) is 4.99 Å². The third kappa shape index (κ3) is 5.10. The highest BCUT2D eigenvalue weighted by molar-refractivity contribution is 14.0. The standard InChI is InChI=1S/C18H28N4O2S.HI/c1-3-19-18(22-13-10-16-6-4-5-7-17(16)22)20-14-15-8-11-21(12-9-15)25(2,23)24;/h4-7,15H,3,8-14H2,1-2H3,(H,19,20);1H. The first-order valence-corrected chi connectivity index (χ1v) is 10.9. The Labute approximate surface area is 174 Å². The summed E-state index contributed by atoms with van der Waals surface area (Å²) in [5.41, 5.74) is 2.61. The van der Waals surface area contributed by atoms with Crippen LogP contribution in [-0.4, -0.2) is 57.7 Å². The Morgan fingerprint density at radius 3 is 2.58 bits per heavy atom. The Bertz CT molecular complexity index is 730. The fourth-order valence-electron chi connectivity index (χ4n) is 3.59. The Morgan fingerprint density at radius 2 is 1.92 bits per heavy atom. The molecule has 1 saturated heterocycles. The molecule has 0 unspecified atom stereocenters. The van der Waals surface area contributed by atoms with E-state index in [-0.39, 0.29) is 24.0 Å². The number of sulfonamides is 1. The summed E-state index contributed by atoms with van der Waals surface area (Å²) in [5.74, 6) is 1.39. The second-order valence-corrected chi connectivity index (χ2v) is 8.81. The van der Waals surface area contributed by atoms with Gasteiger partial charge in [0.2, 0.25) is 10.0 Å². The molecule has 8 heteroatoms. The number of hydrogen-bond donors (Lipinski definition) is 1. The topological polar surface area (TPSA) is 65.0 Å². The van der Waals surface area contributed by atoms with Gasteiger partial charge in [-0.1, -0.05) is 18.2 Å². The Kier molecular flexibility index (Phi) is 7.72. The third-order valence-corrected chi connectivity index (χ3v) is 6.32. The van der Waals surface area contributed by atoms with Gasteiger partial charge in [-0.25, -0.2) is 12.7 Å². The molecule has 0 aliphatic carbocycles. The van der Waals surface area contributed by atoms with Crippen LogP contribution < -0.4 is 10.2 Å². The number of nitrogens with zero attached hydrogens (tertiary/aromatic N) is 3. The zero-order chi connectivity index (χ0) is 17.9. The lowest BCUT2D eigenvalue weighted by atomic mass is 9.98. The lowest BCUT2D eigenvalue weighted by Gasteiger charge is -2.30. The van der Waals surface area contributed by atoms with E-state index in [9.17, 15) is 8.42 Å². The van der Waals surface area contributed by atoms with Gasteiger partial charge in [-0.2, -0.15) is 0 Å². The minimum absolute atomic E-state index is 0. The van der Waals surface area contributed by atoms with Crippen LogP contribution in [0.2, 0.25) is 0 Å². The third-order valence-electron chi connectivity index (χ3n) is 5.02. The molecule has 6 nitrogen and oxygen atoms in total. The maximum atomic E-state index is 11.6. The van der Waals surface area contributed by atoms with E-state index in [0.717, 1.165) is 44.9 Å². The molecule has 0 bridgehead atoms. The predicted molar refractivity (Wildman–Crippen MR) is 118 cm³/mol. The molecular formula is C18H29IN4O2S. The number of piperidine rings is 1. The fourth-order valence-corrected chi connectivity index (χ4v) is 4.47. The molecule has 1 N–H and O–H groups in total. The van der Waals surface area contributed by atoms with Gasteiger partial charge in [-0.15, -0.1) is 24.0 Å². The maximum Gasteiger partial charge on any atom is 0.211 e. The number of rotatable bonds is 4. The first-order valence-electron chi connectivity index (χ1n) is 9.08.